The van der Waals surface area contributed by atoms with Gasteiger partial charge in [0.1, 0.15) is 11.6 Å². The lowest BCUT2D eigenvalue weighted by Crippen LogP contribution is -2.24. The second-order valence-corrected chi connectivity index (χ2v) is 5.79. The molecule has 0 spiro atoms. The molecule has 0 amide bonds. The van der Waals surface area contributed by atoms with E-state index in [0.29, 0.717) is 12.1 Å². The maximum absolute atomic E-state index is 12.5. The lowest BCUT2D eigenvalue weighted by atomic mass is 10.1. The molecule has 136 valence electrons. The van der Waals surface area contributed by atoms with Gasteiger partial charge in [0.05, 0.1) is 4.92 Å². The van der Waals surface area contributed by atoms with Gasteiger partial charge >= 0.3 is 6.61 Å². The largest absolute Gasteiger partial charge is 0.434 e. The molecule has 7 nitrogen and oxygen atoms in total. The number of nitrogens with one attached hydrogen (secondary N) is 1. The van der Waals surface area contributed by atoms with Crippen LogP contribution >= 0.6 is 0 Å². The van der Waals surface area contributed by atoms with E-state index in [1.165, 1.54) is 12.1 Å². The van der Waals surface area contributed by atoms with Gasteiger partial charge in [-0.2, -0.15) is 8.78 Å². The van der Waals surface area contributed by atoms with Gasteiger partial charge in [-0.15, -0.1) is 0 Å². The molecule has 1 heterocycles. The molecule has 0 radical (unpaired) electrons. The molecule has 1 N–H and O–H groups in total. The van der Waals surface area contributed by atoms with E-state index in [1.807, 2.05) is 24.6 Å². The van der Waals surface area contributed by atoms with Crippen molar-refractivity contribution < 1.29 is 18.4 Å². The Bertz CT molecular complexity index is 721. The molecule has 1 aromatic carbocycles. The highest BCUT2D eigenvalue weighted by Crippen LogP contribution is 2.25. The molecule has 1 unspecified atom stereocenters. The summed E-state index contributed by atoms with van der Waals surface area (Å²) in [6.07, 6.45) is 3.62. The summed E-state index contributed by atoms with van der Waals surface area (Å²) in [5, 5.41) is 14.0. The zero-order valence-corrected chi connectivity index (χ0v) is 14.0. The van der Waals surface area contributed by atoms with E-state index in [0.717, 1.165) is 18.4 Å². The van der Waals surface area contributed by atoms with Gasteiger partial charge in [0, 0.05) is 43.2 Å². The number of hydrogen-bond donors (Lipinski definition) is 1. The van der Waals surface area contributed by atoms with Gasteiger partial charge in [-0.3, -0.25) is 10.1 Å². The second-order valence-electron chi connectivity index (χ2n) is 5.79. The molecule has 0 aliphatic rings. The molecule has 1 atom stereocenters. The Hall–Kier alpha value is -2.55. The molecule has 0 aliphatic heterocycles. The number of rotatable bonds is 9. The minimum Gasteiger partial charge on any atom is -0.434 e. The summed E-state index contributed by atoms with van der Waals surface area (Å²) in [4.78, 5) is 14.5. The number of hydrogen-bond acceptors (Lipinski definition) is 5. The minimum absolute atomic E-state index is 0.0637. The second kappa shape index (κ2) is 8.52. The fourth-order valence-corrected chi connectivity index (χ4v) is 2.48. The van der Waals surface area contributed by atoms with E-state index in [1.54, 1.807) is 6.20 Å². The number of benzene rings is 1. The molecule has 0 aliphatic carbocycles. The van der Waals surface area contributed by atoms with E-state index in [4.69, 9.17) is 0 Å². The average Bonchev–Trinajstić information content (AvgIpc) is 2.93. The van der Waals surface area contributed by atoms with Crippen LogP contribution in [-0.4, -0.2) is 27.6 Å². The first-order chi connectivity index (χ1) is 11.9. The predicted octanol–water partition coefficient (Wildman–Crippen LogP) is 3.13. The van der Waals surface area contributed by atoms with Crippen LogP contribution in [0, 0.1) is 23.0 Å². The third kappa shape index (κ3) is 5.49. The van der Waals surface area contributed by atoms with Gasteiger partial charge in [0.25, 0.3) is 5.69 Å². The summed E-state index contributed by atoms with van der Waals surface area (Å²) >= 11 is 0. The SMILES string of the molecule is Cc1nccn1CC(C)CNCc1cc([N+](=O)[O-])ccc1OC(F)F. The van der Waals surface area contributed by atoms with Crippen LogP contribution in [0.1, 0.15) is 18.3 Å². The number of nitrogens with zero attached hydrogens (tertiary/aromatic N) is 3. The Morgan fingerprint density at radius 1 is 1.44 bits per heavy atom. The number of halogens is 2. The first-order valence-corrected chi connectivity index (χ1v) is 7.77. The van der Waals surface area contributed by atoms with Crippen molar-refractivity contribution in [1.29, 1.82) is 0 Å². The van der Waals surface area contributed by atoms with Crippen LogP contribution in [0.5, 0.6) is 5.75 Å². The molecular weight excluding hydrogens is 334 g/mol. The summed E-state index contributed by atoms with van der Waals surface area (Å²) in [7, 11) is 0. The highest BCUT2D eigenvalue weighted by molar-refractivity contribution is 5.43. The zero-order chi connectivity index (χ0) is 18.4. The van der Waals surface area contributed by atoms with Crippen LogP contribution in [0.25, 0.3) is 0 Å². The highest BCUT2D eigenvalue weighted by atomic mass is 19.3. The smallest absolute Gasteiger partial charge is 0.387 e. The Kier molecular flexibility index (Phi) is 6.40. The van der Waals surface area contributed by atoms with Gasteiger partial charge in [-0.05, 0) is 25.5 Å². The lowest BCUT2D eigenvalue weighted by Gasteiger charge is -2.16. The van der Waals surface area contributed by atoms with Crippen LogP contribution in [-0.2, 0) is 13.1 Å². The van der Waals surface area contributed by atoms with Crippen molar-refractivity contribution in [2.24, 2.45) is 5.92 Å². The van der Waals surface area contributed by atoms with Gasteiger partial charge in [0.2, 0.25) is 0 Å². The molecule has 25 heavy (non-hydrogen) atoms. The third-order valence-electron chi connectivity index (χ3n) is 3.71. The van der Waals surface area contributed by atoms with Crippen molar-refractivity contribution in [3.63, 3.8) is 0 Å². The molecular formula is C16H20F2N4O3. The molecule has 2 rings (SSSR count). The number of ether oxygens (including phenoxy) is 1. The summed E-state index contributed by atoms with van der Waals surface area (Å²) in [6, 6.07) is 3.58. The van der Waals surface area contributed by atoms with E-state index >= 15 is 0 Å². The maximum Gasteiger partial charge on any atom is 0.387 e. The molecule has 1 aromatic heterocycles. The number of imidazole rings is 1. The Balaban J connectivity index is 1.97. The molecule has 0 fully saturated rings. The van der Waals surface area contributed by atoms with E-state index in [-0.39, 0.29) is 23.9 Å². The number of aryl methyl sites for hydroxylation is 1. The normalized spacial score (nSPS) is 12.4. The van der Waals surface area contributed by atoms with Crippen molar-refractivity contribution in [2.45, 2.75) is 33.5 Å². The first kappa shape index (κ1) is 18.8. The van der Waals surface area contributed by atoms with E-state index in [9.17, 15) is 18.9 Å². The van der Waals surface area contributed by atoms with Crippen LogP contribution in [0.3, 0.4) is 0 Å². The highest BCUT2D eigenvalue weighted by Gasteiger charge is 2.15. The number of aromatic nitrogens is 2. The fraction of sp³-hybridized carbons (Fsp3) is 0.438. The Labute approximate surface area is 143 Å². The van der Waals surface area contributed by atoms with Crippen LogP contribution in [0.2, 0.25) is 0 Å². The molecule has 9 heteroatoms. The zero-order valence-electron chi connectivity index (χ0n) is 14.0. The van der Waals surface area contributed by atoms with E-state index in [2.05, 4.69) is 15.0 Å². The summed E-state index contributed by atoms with van der Waals surface area (Å²) < 4.78 is 31.4. The van der Waals surface area contributed by atoms with Gasteiger partial charge < -0.3 is 14.6 Å². The Morgan fingerprint density at radius 3 is 2.80 bits per heavy atom. The molecule has 0 saturated carbocycles. The predicted molar refractivity (Wildman–Crippen MR) is 87.6 cm³/mol. The van der Waals surface area contributed by atoms with Crippen LogP contribution in [0.15, 0.2) is 30.6 Å². The summed E-state index contributed by atoms with van der Waals surface area (Å²) in [6.45, 7) is 2.52. The van der Waals surface area contributed by atoms with Crippen molar-refractivity contribution in [1.82, 2.24) is 14.9 Å². The third-order valence-corrected chi connectivity index (χ3v) is 3.71. The van der Waals surface area contributed by atoms with Crippen LogP contribution < -0.4 is 10.1 Å². The molecule has 0 bridgehead atoms. The van der Waals surface area contributed by atoms with Crippen molar-refractivity contribution in [3.05, 3.63) is 52.1 Å². The quantitative estimate of drug-likeness (QED) is 0.553. The van der Waals surface area contributed by atoms with Gasteiger partial charge in [0.15, 0.2) is 0 Å². The standard InChI is InChI=1S/C16H20F2N4O3/c1-11(10-21-6-5-20-12(21)2)8-19-9-13-7-14(22(23)24)3-4-15(13)25-16(17)18/h3-7,11,16,19H,8-10H2,1-2H3. The van der Waals surface area contributed by atoms with Crippen LogP contribution in [0.4, 0.5) is 14.5 Å². The van der Waals surface area contributed by atoms with Crippen molar-refractivity contribution >= 4 is 5.69 Å². The average molecular weight is 354 g/mol. The molecule has 0 saturated heterocycles. The minimum atomic E-state index is -2.98. The van der Waals surface area contributed by atoms with E-state index < -0.39 is 11.5 Å². The fourth-order valence-electron chi connectivity index (χ4n) is 2.48. The number of nitro groups is 1. The maximum atomic E-state index is 12.5. The van der Waals surface area contributed by atoms with Crippen molar-refractivity contribution in [2.75, 3.05) is 6.54 Å². The van der Waals surface area contributed by atoms with Gasteiger partial charge in [-0.25, -0.2) is 4.98 Å². The number of non-ortho nitro benzene ring substituents is 1. The monoisotopic (exact) mass is 354 g/mol. The topological polar surface area (TPSA) is 82.2 Å². The number of nitro benzene ring substituents is 1. The number of alkyl halides is 2. The van der Waals surface area contributed by atoms with Gasteiger partial charge in [-0.1, -0.05) is 6.92 Å². The lowest BCUT2D eigenvalue weighted by molar-refractivity contribution is -0.385. The molecule has 2 aromatic rings. The first-order valence-electron chi connectivity index (χ1n) is 7.77. The summed E-state index contributed by atoms with van der Waals surface area (Å²) in [5.41, 5.74) is 0.154. The summed E-state index contributed by atoms with van der Waals surface area (Å²) in [5.74, 6) is 1.11. The van der Waals surface area contributed by atoms with Crippen molar-refractivity contribution in [3.8, 4) is 5.75 Å². The Morgan fingerprint density at radius 2 is 2.20 bits per heavy atom.